The molecule has 0 N–H and O–H groups in total. The molecular formula is C10H16O3. The number of ether oxygens (including phenoxy) is 2. The fourth-order valence-electron chi connectivity index (χ4n) is 1.40. The molecule has 0 aliphatic carbocycles. The van der Waals surface area contributed by atoms with Crippen LogP contribution in [0.15, 0.2) is 11.6 Å². The van der Waals surface area contributed by atoms with E-state index in [1.54, 1.807) is 13.2 Å². The second-order valence-corrected chi connectivity index (χ2v) is 3.59. The molecule has 1 unspecified atom stereocenters. The van der Waals surface area contributed by atoms with Crippen LogP contribution in [0.3, 0.4) is 0 Å². The number of hydrogen-bond donors (Lipinski definition) is 0. The summed E-state index contributed by atoms with van der Waals surface area (Å²) in [6, 6.07) is 0. The molecular weight excluding hydrogens is 168 g/mol. The van der Waals surface area contributed by atoms with Gasteiger partial charge in [-0.2, -0.15) is 0 Å². The first-order chi connectivity index (χ1) is 6.10. The second-order valence-electron chi connectivity index (χ2n) is 3.59. The normalized spacial score (nSPS) is 27.3. The van der Waals surface area contributed by atoms with Crippen molar-refractivity contribution in [2.75, 3.05) is 20.3 Å². The van der Waals surface area contributed by atoms with E-state index in [9.17, 15) is 4.79 Å². The Hall–Kier alpha value is -0.670. The maximum atomic E-state index is 11.7. The number of rotatable bonds is 3. The van der Waals surface area contributed by atoms with Crippen LogP contribution in [0.25, 0.3) is 0 Å². The van der Waals surface area contributed by atoms with E-state index in [4.69, 9.17) is 9.47 Å². The molecule has 0 aromatic carbocycles. The lowest BCUT2D eigenvalue weighted by Crippen LogP contribution is -2.40. The standard InChI is InChI=1S/C10H16O3/c1-8(2)6-9(11)10(12-3)4-5-13-7-10/h6H,4-5,7H2,1-3H3. The van der Waals surface area contributed by atoms with Crippen LogP contribution in [-0.4, -0.2) is 31.7 Å². The van der Waals surface area contributed by atoms with Gasteiger partial charge in [-0.25, -0.2) is 0 Å². The molecule has 3 heteroatoms. The number of hydrogen-bond acceptors (Lipinski definition) is 3. The van der Waals surface area contributed by atoms with E-state index >= 15 is 0 Å². The minimum absolute atomic E-state index is 0.0208. The second kappa shape index (κ2) is 4.03. The minimum Gasteiger partial charge on any atom is -0.378 e. The van der Waals surface area contributed by atoms with Crippen molar-refractivity contribution < 1.29 is 14.3 Å². The summed E-state index contributed by atoms with van der Waals surface area (Å²) in [6.45, 7) is 4.79. The molecule has 0 radical (unpaired) electrons. The van der Waals surface area contributed by atoms with Crippen LogP contribution >= 0.6 is 0 Å². The number of carbonyl (C=O) groups excluding carboxylic acids is 1. The Morgan fingerprint density at radius 3 is 2.62 bits per heavy atom. The predicted octanol–water partition coefficient (Wildman–Crippen LogP) is 1.33. The smallest absolute Gasteiger partial charge is 0.189 e. The first-order valence-electron chi connectivity index (χ1n) is 4.43. The number of methoxy groups -OCH3 is 1. The van der Waals surface area contributed by atoms with Crippen LogP contribution in [0.4, 0.5) is 0 Å². The maximum absolute atomic E-state index is 11.7. The van der Waals surface area contributed by atoms with Crippen molar-refractivity contribution in [1.29, 1.82) is 0 Å². The van der Waals surface area contributed by atoms with Gasteiger partial charge in [0.05, 0.1) is 13.2 Å². The quantitative estimate of drug-likeness (QED) is 0.621. The Morgan fingerprint density at radius 2 is 2.23 bits per heavy atom. The summed E-state index contributed by atoms with van der Waals surface area (Å²) in [5.41, 5.74) is 0.283. The van der Waals surface area contributed by atoms with Crippen molar-refractivity contribution >= 4 is 5.78 Å². The molecule has 3 nitrogen and oxygen atoms in total. The summed E-state index contributed by atoms with van der Waals surface area (Å²) in [7, 11) is 1.56. The highest BCUT2D eigenvalue weighted by Crippen LogP contribution is 2.24. The van der Waals surface area contributed by atoms with Crippen LogP contribution in [0.5, 0.6) is 0 Å². The molecule has 1 atom stereocenters. The van der Waals surface area contributed by atoms with Gasteiger partial charge in [0.2, 0.25) is 0 Å². The summed E-state index contributed by atoms with van der Waals surface area (Å²) in [4.78, 5) is 11.7. The lowest BCUT2D eigenvalue weighted by molar-refractivity contribution is -0.135. The summed E-state index contributed by atoms with van der Waals surface area (Å²) in [5, 5.41) is 0. The highest BCUT2D eigenvalue weighted by atomic mass is 16.6. The third kappa shape index (κ3) is 2.17. The minimum atomic E-state index is -0.711. The average molecular weight is 184 g/mol. The topological polar surface area (TPSA) is 35.5 Å². The average Bonchev–Trinajstić information content (AvgIpc) is 2.51. The first-order valence-corrected chi connectivity index (χ1v) is 4.43. The fraction of sp³-hybridized carbons (Fsp3) is 0.700. The van der Waals surface area contributed by atoms with Gasteiger partial charge in [0.1, 0.15) is 0 Å². The zero-order valence-electron chi connectivity index (χ0n) is 8.42. The molecule has 74 valence electrons. The molecule has 1 saturated heterocycles. The largest absolute Gasteiger partial charge is 0.378 e. The van der Waals surface area contributed by atoms with Crippen LogP contribution in [0, 0.1) is 0 Å². The van der Waals surface area contributed by atoms with Crippen molar-refractivity contribution in [3.8, 4) is 0 Å². The van der Waals surface area contributed by atoms with Gasteiger partial charge in [0, 0.05) is 13.5 Å². The Morgan fingerprint density at radius 1 is 1.54 bits per heavy atom. The molecule has 1 fully saturated rings. The molecule has 1 aliphatic rings. The fourth-order valence-corrected chi connectivity index (χ4v) is 1.40. The zero-order chi connectivity index (χ0) is 9.90. The van der Waals surface area contributed by atoms with Gasteiger partial charge >= 0.3 is 0 Å². The highest BCUT2D eigenvalue weighted by Gasteiger charge is 2.40. The van der Waals surface area contributed by atoms with E-state index in [1.807, 2.05) is 13.8 Å². The molecule has 1 rings (SSSR count). The molecule has 0 saturated carbocycles. The Labute approximate surface area is 78.7 Å². The Balaban J connectivity index is 2.77. The Kier molecular flexibility index (Phi) is 3.22. The van der Waals surface area contributed by atoms with Gasteiger partial charge in [-0.3, -0.25) is 4.79 Å². The van der Waals surface area contributed by atoms with E-state index in [0.29, 0.717) is 19.6 Å². The van der Waals surface area contributed by atoms with Crippen molar-refractivity contribution in [3.05, 3.63) is 11.6 Å². The van der Waals surface area contributed by atoms with Crippen LogP contribution < -0.4 is 0 Å². The molecule has 1 aliphatic heterocycles. The summed E-state index contributed by atoms with van der Waals surface area (Å²) >= 11 is 0. The Bertz CT molecular complexity index is 220. The SMILES string of the molecule is COC1(C(=O)C=C(C)C)CCOC1. The number of carbonyl (C=O) groups is 1. The van der Waals surface area contributed by atoms with Crippen LogP contribution in [0.2, 0.25) is 0 Å². The van der Waals surface area contributed by atoms with Crippen molar-refractivity contribution in [1.82, 2.24) is 0 Å². The van der Waals surface area contributed by atoms with Gasteiger partial charge in [0.15, 0.2) is 11.4 Å². The van der Waals surface area contributed by atoms with Crippen LogP contribution in [0.1, 0.15) is 20.3 Å². The predicted molar refractivity (Wildman–Crippen MR) is 49.6 cm³/mol. The van der Waals surface area contributed by atoms with E-state index < -0.39 is 5.60 Å². The molecule has 1 heterocycles. The van der Waals surface area contributed by atoms with Gasteiger partial charge in [0.25, 0.3) is 0 Å². The third-order valence-electron chi connectivity index (χ3n) is 2.25. The number of ketones is 1. The summed E-state index contributed by atoms with van der Waals surface area (Å²) < 4.78 is 10.4. The zero-order valence-corrected chi connectivity index (χ0v) is 8.42. The summed E-state index contributed by atoms with van der Waals surface area (Å²) in [6.07, 6.45) is 2.28. The van der Waals surface area contributed by atoms with Crippen LogP contribution in [-0.2, 0) is 14.3 Å². The van der Waals surface area contributed by atoms with Crippen molar-refractivity contribution in [2.45, 2.75) is 25.9 Å². The van der Waals surface area contributed by atoms with E-state index in [2.05, 4.69) is 0 Å². The third-order valence-corrected chi connectivity index (χ3v) is 2.25. The molecule has 0 bridgehead atoms. The van der Waals surface area contributed by atoms with E-state index in [-0.39, 0.29) is 5.78 Å². The first kappa shape index (κ1) is 10.4. The van der Waals surface area contributed by atoms with E-state index in [1.165, 1.54) is 0 Å². The summed E-state index contributed by atoms with van der Waals surface area (Å²) in [5.74, 6) is 0.0208. The molecule has 0 aromatic rings. The van der Waals surface area contributed by atoms with Gasteiger partial charge in [-0.15, -0.1) is 0 Å². The maximum Gasteiger partial charge on any atom is 0.189 e. The lowest BCUT2D eigenvalue weighted by Gasteiger charge is -2.22. The monoisotopic (exact) mass is 184 g/mol. The molecule has 0 amide bonds. The van der Waals surface area contributed by atoms with Gasteiger partial charge in [-0.05, 0) is 19.9 Å². The van der Waals surface area contributed by atoms with E-state index in [0.717, 1.165) is 5.57 Å². The van der Waals surface area contributed by atoms with Gasteiger partial charge in [-0.1, -0.05) is 5.57 Å². The van der Waals surface area contributed by atoms with Crippen molar-refractivity contribution in [2.24, 2.45) is 0 Å². The van der Waals surface area contributed by atoms with Crippen molar-refractivity contribution in [3.63, 3.8) is 0 Å². The molecule has 0 aromatic heterocycles. The van der Waals surface area contributed by atoms with Gasteiger partial charge < -0.3 is 9.47 Å². The molecule has 13 heavy (non-hydrogen) atoms. The highest BCUT2D eigenvalue weighted by molar-refractivity contribution is 5.97. The lowest BCUT2D eigenvalue weighted by atomic mass is 9.96. The number of allylic oxidation sites excluding steroid dienone is 1. The molecule has 0 spiro atoms.